The van der Waals surface area contributed by atoms with Gasteiger partial charge in [0, 0.05) is 4.88 Å². The van der Waals surface area contributed by atoms with Gasteiger partial charge < -0.3 is 4.74 Å². The summed E-state index contributed by atoms with van der Waals surface area (Å²) in [5.41, 5.74) is 0. The molecule has 0 unspecified atom stereocenters. The van der Waals surface area contributed by atoms with Crippen LogP contribution in [0.15, 0.2) is 30.3 Å². The molecule has 0 aliphatic heterocycles. The zero-order chi connectivity index (χ0) is 14.1. The van der Waals surface area contributed by atoms with Gasteiger partial charge in [-0.1, -0.05) is 19.1 Å². The minimum absolute atomic E-state index is 0.0911. The molecule has 0 spiro atoms. The van der Waals surface area contributed by atoms with Crippen LogP contribution >= 0.6 is 22.9 Å². The van der Waals surface area contributed by atoms with Crippen LogP contribution in [0.4, 0.5) is 4.39 Å². The van der Waals surface area contributed by atoms with Crippen LogP contribution in [-0.4, -0.2) is 9.97 Å². The molecule has 0 radical (unpaired) electrons. The van der Waals surface area contributed by atoms with Crippen LogP contribution in [0.1, 0.15) is 11.8 Å². The first-order valence-corrected chi connectivity index (χ1v) is 7.25. The number of fused-ring (bicyclic) bond motifs is 1. The molecule has 0 fully saturated rings. The van der Waals surface area contributed by atoms with Gasteiger partial charge in [-0.3, -0.25) is 0 Å². The van der Waals surface area contributed by atoms with Crippen molar-refractivity contribution in [2.75, 3.05) is 0 Å². The van der Waals surface area contributed by atoms with Crippen LogP contribution in [0.25, 0.3) is 10.2 Å². The van der Waals surface area contributed by atoms with Crippen LogP contribution in [0.3, 0.4) is 0 Å². The molecule has 0 aliphatic rings. The number of nitrogens with zero attached hydrogens (tertiary/aromatic N) is 2. The molecule has 0 saturated heterocycles. The highest BCUT2D eigenvalue weighted by molar-refractivity contribution is 7.18. The van der Waals surface area contributed by atoms with E-state index < -0.39 is 5.82 Å². The summed E-state index contributed by atoms with van der Waals surface area (Å²) in [6.07, 6.45) is 0.887. The Hall–Kier alpha value is -1.72. The average Bonchev–Trinajstić information content (AvgIpc) is 2.84. The first-order chi connectivity index (χ1) is 9.67. The summed E-state index contributed by atoms with van der Waals surface area (Å²) in [5, 5.41) is 0.841. The lowest BCUT2D eigenvalue weighted by Crippen LogP contribution is -1.93. The quantitative estimate of drug-likeness (QED) is 0.649. The predicted octanol–water partition coefficient (Wildman–Crippen LogP) is 4.84. The molecule has 2 aromatic heterocycles. The second kappa shape index (κ2) is 5.34. The number of para-hydroxylation sites is 1. The van der Waals surface area contributed by atoms with Crippen LogP contribution in [0.2, 0.25) is 5.28 Å². The highest BCUT2D eigenvalue weighted by atomic mass is 35.5. The molecule has 3 aromatic rings. The molecule has 3 rings (SSSR count). The minimum atomic E-state index is -0.443. The van der Waals surface area contributed by atoms with Gasteiger partial charge in [0.1, 0.15) is 4.83 Å². The van der Waals surface area contributed by atoms with Gasteiger partial charge in [-0.2, -0.15) is 4.98 Å². The van der Waals surface area contributed by atoms with E-state index in [1.54, 1.807) is 18.2 Å². The van der Waals surface area contributed by atoms with Gasteiger partial charge >= 0.3 is 0 Å². The Labute approximate surface area is 124 Å². The van der Waals surface area contributed by atoms with E-state index in [4.69, 9.17) is 16.3 Å². The van der Waals surface area contributed by atoms with E-state index in [2.05, 4.69) is 16.9 Å². The summed E-state index contributed by atoms with van der Waals surface area (Å²) in [7, 11) is 0. The summed E-state index contributed by atoms with van der Waals surface area (Å²) >= 11 is 7.42. The molecule has 0 saturated carbocycles. The zero-order valence-electron chi connectivity index (χ0n) is 10.6. The summed E-state index contributed by atoms with van der Waals surface area (Å²) in [5.74, 6) is -0.0461. The van der Waals surface area contributed by atoms with Gasteiger partial charge in [0.25, 0.3) is 0 Å². The number of halogens is 2. The molecule has 102 valence electrons. The zero-order valence-corrected chi connectivity index (χ0v) is 12.1. The van der Waals surface area contributed by atoms with E-state index in [0.717, 1.165) is 21.5 Å². The van der Waals surface area contributed by atoms with E-state index in [1.165, 1.54) is 17.4 Å². The fourth-order valence-electron chi connectivity index (χ4n) is 1.80. The molecule has 0 amide bonds. The van der Waals surface area contributed by atoms with Crippen LogP contribution in [0.5, 0.6) is 11.6 Å². The third-order valence-corrected chi connectivity index (χ3v) is 4.12. The van der Waals surface area contributed by atoms with E-state index in [-0.39, 0.29) is 16.9 Å². The third kappa shape index (κ3) is 2.46. The van der Waals surface area contributed by atoms with Crippen molar-refractivity contribution in [2.24, 2.45) is 0 Å². The topological polar surface area (TPSA) is 35.0 Å². The Bertz CT molecular complexity index is 775. The molecule has 3 nitrogen and oxygen atoms in total. The molecule has 0 atom stereocenters. The van der Waals surface area contributed by atoms with Crippen molar-refractivity contribution < 1.29 is 9.13 Å². The SMILES string of the molecule is CCc1cc2c(Oc3ccccc3F)nc(Cl)nc2s1. The highest BCUT2D eigenvalue weighted by Crippen LogP contribution is 2.34. The molecule has 0 bridgehead atoms. The molecule has 0 aliphatic carbocycles. The van der Waals surface area contributed by atoms with Crippen molar-refractivity contribution in [1.29, 1.82) is 0 Å². The Morgan fingerprint density at radius 3 is 2.85 bits per heavy atom. The number of hydrogen-bond donors (Lipinski definition) is 0. The van der Waals surface area contributed by atoms with Gasteiger partial charge in [-0.05, 0) is 36.2 Å². The van der Waals surface area contributed by atoms with Crippen LogP contribution < -0.4 is 4.74 Å². The van der Waals surface area contributed by atoms with E-state index in [9.17, 15) is 4.39 Å². The van der Waals surface area contributed by atoms with E-state index >= 15 is 0 Å². The first kappa shape index (κ1) is 13.3. The maximum Gasteiger partial charge on any atom is 0.232 e. The van der Waals surface area contributed by atoms with Gasteiger partial charge in [0.15, 0.2) is 11.6 Å². The van der Waals surface area contributed by atoms with Crippen molar-refractivity contribution in [2.45, 2.75) is 13.3 Å². The molecule has 20 heavy (non-hydrogen) atoms. The number of aryl methyl sites for hydroxylation is 1. The van der Waals surface area contributed by atoms with Crippen LogP contribution in [-0.2, 0) is 6.42 Å². The largest absolute Gasteiger partial charge is 0.435 e. The normalized spacial score (nSPS) is 10.9. The van der Waals surface area contributed by atoms with Crippen molar-refractivity contribution in [3.05, 3.63) is 46.3 Å². The van der Waals surface area contributed by atoms with E-state index in [1.807, 2.05) is 6.07 Å². The van der Waals surface area contributed by atoms with Gasteiger partial charge in [-0.25, -0.2) is 9.37 Å². The lowest BCUT2D eigenvalue weighted by Gasteiger charge is -2.06. The monoisotopic (exact) mass is 308 g/mol. The molecular weight excluding hydrogens is 299 g/mol. The Morgan fingerprint density at radius 1 is 1.30 bits per heavy atom. The number of thiophene rings is 1. The fraction of sp³-hybridized carbons (Fsp3) is 0.143. The first-order valence-electron chi connectivity index (χ1n) is 6.05. The highest BCUT2D eigenvalue weighted by Gasteiger charge is 2.14. The second-order valence-corrected chi connectivity index (χ2v) is 5.57. The molecule has 6 heteroatoms. The minimum Gasteiger partial charge on any atom is -0.435 e. The van der Waals surface area contributed by atoms with Crippen molar-refractivity contribution in [3.63, 3.8) is 0 Å². The third-order valence-electron chi connectivity index (χ3n) is 2.77. The number of rotatable bonds is 3. The predicted molar refractivity (Wildman–Crippen MR) is 78.3 cm³/mol. The van der Waals surface area contributed by atoms with Gasteiger partial charge in [0.05, 0.1) is 5.39 Å². The standard InChI is InChI=1S/C14H10ClFN2OS/c1-2-8-7-9-12(17-14(15)18-13(9)20-8)19-11-6-4-3-5-10(11)16/h3-7H,2H2,1H3. The summed E-state index contributed by atoms with van der Waals surface area (Å²) in [4.78, 5) is 10.1. The maximum absolute atomic E-state index is 13.6. The molecule has 2 heterocycles. The lowest BCUT2D eigenvalue weighted by atomic mass is 10.3. The van der Waals surface area contributed by atoms with Crippen molar-refractivity contribution >= 4 is 33.2 Å². The summed E-state index contributed by atoms with van der Waals surface area (Å²) < 4.78 is 19.2. The van der Waals surface area contributed by atoms with Crippen molar-refractivity contribution in [1.82, 2.24) is 9.97 Å². The molecule has 0 N–H and O–H groups in total. The Kier molecular flexibility index (Phi) is 3.54. The Balaban J connectivity index is 2.11. The van der Waals surface area contributed by atoms with E-state index in [0.29, 0.717) is 0 Å². The lowest BCUT2D eigenvalue weighted by molar-refractivity contribution is 0.432. The van der Waals surface area contributed by atoms with Gasteiger partial charge in [-0.15, -0.1) is 11.3 Å². The van der Waals surface area contributed by atoms with Crippen LogP contribution in [0, 0.1) is 5.82 Å². The number of aromatic nitrogens is 2. The molecule has 1 aromatic carbocycles. The van der Waals surface area contributed by atoms with Gasteiger partial charge in [0.2, 0.25) is 11.2 Å². The second-order valence-electron chi connectivity index (χ2n) is 4.12. The maximum atomic E-state index is 13.6. The van der Waals surface area contributed by atoms with Crippen molar-refractivity contribution in [3.8, 4) is 11.6 Å². The Morgan fingerprint density at radius 2 is 2.10 bits per heavy atom. The average molecular weight is 309 g/mol. The number of hydrogen-bond acceptors (Lipinski definition) is 4. The molecular formula is C14H10ClFN2OS. The number of benzene rings is 1. The summed E-state index contributed by atoms with van der Waals surface area (Å²) in [6.45, 7) is 2.05. The smallest absolute Gasteiger partial charge is 0.232 e. The fourth-order valence-corrected chi connectivity index (χ4v) is 2.97. The summed E-state index contributed by atoms with van der Waals surface area (Å²) in [6, 6.07) is 8.13. The number of ether oxygens (including phenoxy) is 1.